The van der Waals surface area contributed by atoms with Gasteiger partial charge in [0.1, 0.15) is 5.82 Å². The number of rotatable bonds is 2. The summed E-state index contributed by atoms with van der Waals surface area (Å²) in [6, 6.07) is 4.29. The molecule has 0 saturated carbocycles. The highest BCUT2D eigenvalue weighted by atomic mass is 19.1. The summed E-state index contributed by atoms with van der Waals surface area (Å²) in [6.07, 6.45) is 0.714. The summed E-state index contributed by atoms with van der Waals surface area (Å²) in [6.45, 7) is 13.2. The van der Waals surface area contributed by atoms with E-state index in [0.29, 0.717) is 5.56 Å². The zero-order valence-corrected chi connectivity index (χ0v) is 10.9. The molecule has 0 spiro atoms. The molecule has 1 atom stereocenters. The lowest BCUT2D eigenvalue weighted by molar-refractivity contribution is 0.228. The Balaban J connectivity index is 0. The minimum absolute atomic E-state index is 0.285. The molecule has 0 heterocycles. The lowest BCUT2D eigenvalue weighted by Crippen LogP contribution is -1.96. The first-order chi connectivity index (χ1) is 7.65. The van der Waals surface area contributed by atoms with Crippen molar-refractivity contribution < 1.29 is 9.50 Å². The Hall–Kier alpha value is -1.15. The Kier molecular flexibility index (Phi) is 11.2. The van der Waals surface area contributed by atoms with Crippen LogP contribution in [0.2, 0.25) is 0 Å². The average Bonchev–Trinajstić information content (AvgIpc) is 2.33. The summed E-state index contributed by atoms with van der Waals surface area (Å²) in [5.74, 6) is -0.285. The molecule has 1 rings (SSSR count). The molecule has 0 bridgehead atoms. The van der Waals surface area contributed by atoms with Crippen molar-refractivity contribution in [1.82, 2.24) is 0 Å². The van der Waals surface area contributed by atoms with Crippen molar-refractivity contribution in [2.24, 2.45) is 0 Å². The standard InChI is InChI=1S/C10H11FO.2C2H6/c1-3-10(12)9-5-4-8(11)6-7(9)2;2*1-2/h3-6,10,12H,1H2,2H3;2*1-2H3. The molecule has 0 saturated heterocycles. The smallest absolute Gasteiger partial charge is 0.123 e. The molecule has 0 aromatic heterocycles. The maximum Gasteiger partial charge on any atom is 0.123 e. The Labute approximate surface area is 98.6 Å². The number of aryl methyl sites for hydroxylation is 1. The van der Waals surface area contributed by atoms with Crippen molar-refractivity contribution in [1.29, 1.82) is 0 Å². The van der Waals surface area contributed by atoms with Crippen LogP contribution < -0.4 is 0 Å². The molecule has 0 fully saturated rings. The first kappa shape index (κ1) is 17.3. The Morgan fingerprint density at radius 2 is 1.75 bits per heavy atom. The van der Waals surface area contributed by atoms with Crippen molar-refractivity contribution in [2.75, 3.05) is 0 Å². The summed E-state index contributed by atoms with van der Waals surface area (Å²) in [5, 5.41) is 9.36. The minimum Gasteiger partial charge on any atom is -0.384 e. The third-order valence-corrected chi connectivity index (χ3v) is 1.77. The van der Waals surface area contributed by atoms with Gasteiger partial charge in [0.2, 0.25) is 0 Å². The molecule has 92 valence electrons. The van der Waals surface area contributed by atoms with Gasteiger partial charge in [-0.1, -0.05) is 39.8 Å². The fourth-order valence-electron chi connectivity index (χ4n) is 1.10. The van der Waals surface area contributed by atoms with Crippen molar-refractivity contribution in [2.45, 2.75) is 40.7 Å². The molecule has 0 amide bonds. The fraction of sp³-hybridized carbons (Fsp3) is 0.429. The second kappa shape index (κ2) is 10.4. The second-order valence-corrected chi connectivity index (χ2v) is 2.68. The normalized spacial score (nSPS) is 10.2. The lowest BCUT2D eigenvalue weighted by Gasteiger charge is -2.08. The van der Waals surface area contributed by atoms with Gasteiger partial charge in [-0.2, -0.15) is 0 Å². The van der Waals surface area contributed by atoms with Crippen LogP contribution in [-0.4, -0.2) is 5.11 Å². The number of halogens is 1. The third kappa shape index (κ3) is 5.66. The Bertz CT molecular complexity index is 295. The van der Waals surface area contributed by atoms with Crippen LogP contribution in [0, 0.1) is 12.7 Å². The van der Waals surface area contributed by atoms with E-state index in [-0.39, 0.29) is 5.82 Å². The van der Waals surface area contributed by atoms with Crippen LogP contribution in [0.1, 0.15) is 44.9 Å². The van der Waals surface area contributed by atoms with Crippen LogP contribution in [0.15, 0.2) is 30.9 Å². The van der Waals surface area contributed by atoms with Gasteiger partial charge in [-0.3, -0.25) is 0 Å². The number of benzene rings is 1. The van der Waals surface area contributed by atoms with E-state index >= 15 is 0 Å². The van der Waals surface area contributed by atoms with Crippen LogP contribution in [0.25, 0.3) is 0 Å². The first-order valence-electron chi connectivity index (χ1n) is 5.72. The van der Waals surface area contributed by atoms with Gasteiger partial charge in [0.25, 0.3) is 0 Å². The molecular weight excluding hydrogens is 203 g/mol. The number of aliphatic hydroxyl groups excluding tert-OH is 1. The van der Waals surface area contributed by atoms with Gasteiger partial charge in [-0.25, -0.2) is 4.39 Å². The molecule has 1 aromatic carbocycles. The molecule has 1 unspecified atom stereocenters. The molecule has 1 N–H and O–H groups in total. The SMILES string of the molecule is C=CC(O)c1ccc(F)cc1C.CC.CC. The Morgan fingerprint density at radius 1 is 1.25 bits per heavy atom. The third-order valence-electron chi connectivity index (χ3n) is 1.77. The zero-order chi connectivity index (χ0) is 13.1. The molecule has 16 heavy (non-hydrogen) atoms. The highest BCUT2D eigenvalue weighted by molar-refractivity contribution is 5.30. The molecule has 1 nitrogen and oxygen atoms in total. The van der Waals surface area contributed by atoms with Crippen LogP contribution in [-0.2, 0) is 0 Å². The van der Waals surface area contributed by atoms with Crippen molar-refractivity contribution in [3.63, 3.8) is 0 Å². The number of hydrogen-bond acceptors (Lipinski definition) is 1. The molecule has 0 radical (unpaired) electrons. The molecule has 0 aliphatic carbocycles. The van der Waals surface area contributed by atoms with E-state index in [0.717, 1.165) is 5.56 Å². The van der Waals surface area contributed by atoms with Crippen molar-refractivity contribution >= 4 is 0 Å². The predicted octanol–water partition coefficient (Wildman–Crippen LogP) is 4.41. The molecule has 0 aliphatic heterocycles. The topological polar surface area (TPSA) is 20.2 Å². The average molecular weight is 226 g/mol. The van der Waals surface area contributed by atoms with E-state index in [1.54, 1.807) is 13.0 Å². The molecule has 0 aliphatic rings. The van der Waals surface area contributed by atoms with Gasteiger partial charge < -0.3 is 5.11 Å². The van der Waals surface area contributed by atoms with Crippen LogP contribution in [0.3, 0.4) is 0 Å². The zero-order valence-electron chi connectivity index (χ0n) is 10.9. The summed E-state index contributed by atoms with van der Waals surface area (Å²) >= 11 is 0. The Morgan fingerprint density at radius 3 is 2.12 bits per heavy atom. The van der Waals surface area contributed by atoms with E-state index in [1.165, 1.54) is 18.2 Å². The second-order valence-electron chi connectivity index (χ2n) is 2.68. The van der Waals surface area contributed by atoms with E-state index in [9.17, 15) is 9.50 Å². The highest BCUT2D eigenvalue weighted by Gasteiger charge is 2.05. The van der Waals surface area contributed by atoms with Crippen LogP contribution >= 0.6 is 0 Å². The number of hydrogen-bond donors (Lipinski definition) is 1. The minimum atomic E-state index is -0.703. The van der Waals surface area contributed by atoms with Crippen LogP contribution in [0.5, 0.6) is 0 Å². The highest BCUT2D eigenvalue weighted by Crippen LogP contribution is 2.18. The van der Waals surface area contributed by atoms with E-state index in [4.69, 9.17) is 0 Å². The quantitative estimate of drug-likeness (QED) is 0.741. The van der Waals surface area contributed by atoms with E-state index < -0.39 is 6.10 Å². The first-order valence-corrected chi connectivity index (χ1v) is 5.72. The maximum atomic E-state index is 12.6. The van der Waals surface area contributed by atoms with Gasteiger partial charge in [0, 0.05) is 0 Å². The molecule has 1 aromatic rings. The van der Waals surface area contributed by atoms with Gasteiger partial charge in [0.15, 0.2) is 0 Å². The fourth-order valence-corrected chi connectivity index (χ4v) is 1.10. The van der Waals surface area contributed by atoms with Gasteiger partial charge in [-0.05, 0) is 30.2 Å². The van der Waals surface area contributed by atoms with Crippen molar-refractivity contribution in [3.05, 3.63) is 47.8 Å². The maximum absolute atomic E-state index is 12.6. The molecule has 2 heteroatoms. The van der Waals surface area contributed by atoms with E-state index in [2.05, 4.69) is 6.58 Å². The largest absolute Gasteiger partial charge is 0.384 e. The van der Waals surface area contributed by atoms with Gasteiger partial charge in [0.05, 0.1) is 6.10 Å². The van der Waals surface area contributed by atoms with Crippen molar-refractivity contribution in [3.8, 4) is 0 Å². The van der Waals surface area contributed by atoms with Crippen LogP contribution in [0.4, 0.5) is 4.39 Å². The summed E-state index contributed by atoms with van der Waals surface area (Å²) in [7, 11) is 0. The summed E-state index contributed by atoms with van der Waals surface area (Å²) in [4.78, 5) is 0. The van der Waals surface area contributed by atoms with Gasteiger partial charge >= 0.3 is 0 Å². The van der Waals surface area contributed by atoms with E-state index in [1.807, 2.05) is 27.7 Å². The summed E-state index contributed by atoms with van der Waals surface area (Å²) in [5.41, 5.74) is 1.44. The number of aliphatic hydroxyl groups is 1. The lowest BCUT2D eigenvalue weighted by atomic mass is 10.0. The van der Waals surface area contributed by atoms with Gasteiger partial charge in [-0.15, -0.1) is 6.58 Å². The molecular formula is C14H23FO. The predicted molar refractivity (Wildman–Crippen MR) is 69.0 cm³/mol. The summed E-state index contributed by atoms with van der Waals surface area (Å²) < 4.78 is 12.6. The monoisotopic (exact) mass is 226 g/mol.